The molecule has 1 N–H and O–H groups in total. The molecule has 0 radical (unpaired) electrons. The Morgan fingerprint density at radius 1 is 1.50 bits per heavy atom. The van der Waals surface area contributed by atoms with Crippen molar-refractivity contribution in [1.29, 1.82) is 5.26 Å². The number of aromatic amines is 1. The van der Waals surface area contributed by atoms with Gasteiger partial charge in [-0.1, -0.05) is 0 Å². The first-order valence-corrected chi connectivity index (χ1v) is 6.17. The van der Waals surface area contributed by atoms with Gasteiger partial charge in [-0.3, -0.25) is 4.79 Å². The van der Waals surface area contributed by atoms with Crippen LogP contribution in [0.3, 0.4) is 0 Å². The third-order valence-electron chi connectivity index (χ3n) is 2.63. The molecule has 0 bridgehead atoms. The molecule has 18 heavy (non-hydrogen) atoms. The number of nitriles is 1. The van der Waals surface area contributed by atoms with Crippen LogP contribution in [0.1, 0.15) is 11.5 Å². The number of aromatic nitrogens is 3. The molecule has 88 valence electrons. The molecule has 0 saturated carbocycles. The zero-order chi connectivity index (χ0) is 12.5. The van der Waals surface area contributed by atoms with Gasteiger partial charge >= 0.3 is 0 Å². The molecule has 0 aliphatic rings. The lowest BCUT2D eigenvalue weighted by atomic mass is 10.4. The first-order chi connectivity index (χ1) is 8.78. The van der Waals surface area contributed by atoms with E-state index in [0.29, 0.717) is 28.3 Å². The molecule has 5 nitrogen and oxygen atoms in total. The number of hydrogen-bond donors (Lipinski definition) is 1. The lowest BCUT2D eigenvalue weighted by Crippen LogP contribution is -2.13. The lowest BCUT2D eigenvalue weighted by Gasteiger charge is -2.03. The van der Waals surface area contributed by atoms with Crippen molar-refractivity contribution in [1.82, 2.24) is 14.5 Å². The van der Waals surface area contributed by atoms with Crippen molar-refractivity contribution >= 4 is 21.6 Å². The SMILES string of the molecule is N#Cc1cccn1Cc1nc2ccsc2c(=O)[nH]1. The number of hydrogen-bond acceptors (Lipinski definition) is 4. The quantitative estimate of drug-likeness (QED) is 0.758. The number of nitrogens with one attached hydrogen (secondary N) is 1. The highest BCUT2D eigenvalue weighted by Gasteiger charge is 2.06. The molecule has 3 heterocycles. The summed E-state index contributed by atoms with van der Waals surface area (Å²) >= 11 is 1.37. The molecule has 0 aromatic carbocycles. The number of rotatable bonds is 2. The van der Waals surface area contributed by atoms with Crippen LogP contribution >= 0.6 is 11.3 Å². The van der Waals surface area contributed by atoms with Crippen LogP contribution in [0.5, 0.6) is 0 Å². The number of thiophene rings is 1. The highest BCUT2D eigenvalue weighted by Crippen LogP contribution is 2.14. The first-order valence-electron chi connectivity index (χ1n) is 5.29. The molecule has 3 aromatic rings. The average Bonchev–Trinajstić information content (AvgIpc) is 2.97. The molecule has 0 amide bonds. The minimum atomic E-state index is -0.129. The smallest absolute Gasteiger partial charge is 0.268 e. The Morgan fingerprint density at radius 3 is 3.22 bits per heavy atom. The minimum Gasteiger partial charge on any atom is -0.332 e. The zero-order valence-corrected chi connectivity index (χ0v) is 10.1. The second-order valence-electron chi connectivity index (χ2n) is 3.78. The van der Waals surface area contributed by atoms with Crippen molar-refractivity contribution < 1.29 is 0 Å². The standard InChI is InChI=1S/C12H8N4OS/c13-6-8-2-1-4-16(8)7-10-14-9-3-5-18-11(9)12(17)15-10/h1-5H,7H2,(H,14,15,17). The molecule has 0 spiro atoms. The van der Waals surface area contributed by atoms with Gasteiger partial charge < -0.3 is 9.55 Å². The van der Waals surface area contributed by atoms with Crippen LogP contribution in [0.2, 0.25) is 0 Å². The van der Waals surface area contributed by atoms with Crippen molar-refractivity contribution in [2.45, 2.75) is 6.54 Å². The summed E-state index contributed by atoms with van der Waals surface area (Å²) in [5.74, 6) is 0.554. The number of fused-ring (bicyclic) bond motifs is 1. The molecule has 0 atom stereocenters. The van der Waals surface area contributed by atoms with Gasteiger partial charge in [0.25, 0.3) is 5.56 Å². The van der Waals surface area contributed by atoms with Gasteiger partial charge in [0.15, 0.2) is 0 Å². The third-order valence-corrected chi connectivity index (χ3v) is 3.53. The molecule has 3 aromatic heterocycles. The van der Waals surface area contributed by atoms with Crippen LogP contribution < -0.4 is 5.56 Å². The first kappa shape index (κ1) is 10.7. The zero-order valence-electron chi connectivity index (χ0n) is 9.25. The van der Waals surface area contributed by atoms with E-state index in [0.717, 1.165) is 0 Å². The minimum absolute atomic E-state index is 0.129. The van der Waals surface area contributed by atoms with E-state index in [1.165, 1.54) is 11.3 Å². The molecular weight excluding hydrogens is 248 g/mol. The van der Waals surface area contributed by atoms with Crippen LogP contribution in [-0.4, -0.2) is 14.5 Å². The lowest BCUT2D eigenvalue weighted by molar-refractivity contribution is 0.742. The summed E-state index contributed by atoms with van der Waals surface area (Å²) in [5.41, 5.74) is 1.11. The summed E-state index contributed by atoms with van der Waals surface area (Å²) in [4.78, 5) is 18.9. The third kappa shape index (κ3) is 1.71. The Bertz CT molecular complexity index is 805. The van der Waals surface area contributed by atoms with E-state index in [9.17, 15) is 4.79 Å². The van der Waals surface area contributed by atoms with E-state index >= 15 is 0 Å². The molecule has 3 rings (SSSR count). The Balaban J connectivity index is 2.06. The van der Waals surface area contributed by atoms with E-state index in [4.69, 9.17) is 5.26 Å². The average molecular weight is 256 g/mol. The molecule has 0 fully saturated rings. The van der Waals surface area contributed by atoms with Gasteiger partial charge in [0.2, 0.25) is 0 Å². The predicted molar refractivity (Wildman–Crippen MR) is 68.5 cm³/mol. The monoisotopic (exact) mass is 256 g/mol. The second-order valence-corrected chi connectivity index (χ2v) is 4.70. The fourth-order valence-corrected chi connectivity index (χ4v) is 2.54. The Morgan fingerprint density at radius 2 is 2.39 bits per heavy atom. The second kappa shape index (κ2) is 4.13. The summed E-state index contributed by atoms with van der Waals surface area (Å²) < 4.78 is 2.38. The Kier molecular flexibility index (Phi) is 2.46. The maximum atomic E-state index is 11.8. The van der Waals surface area contributed by atoms with Crippen molar-refractivity contribution in [2.75, 3.05) is 0 Å². The van der Waals surface area contributed by atoms with E-state index in [-0.39, 0.29) is 5.56 Å². The van der Waals surface area contributed by atoms with Gasteiger partial charge in [-0.25, -0.2) is 4.98 Å². The summed E-state index contributed by atoms with van der Waals surface area (Å²) in [6.45, 7) is 0.386. The fraction of sp³-hybridized carbons (Fsp3) is 0.0833. The molecular formula is C12H8N4OS. The molecule has 0 unspecified atom stereocenters. The van der Waals surface area contributed by atoms with Gasteiger partial charge in [0, 0.05) is 6.20 Å². The van der Waals surface area contributed by atoms with Crippen LogP contribution in [0.15, 0.2) is 34.6 Å². The van der Waals surface area contributed by atoms with Crippen LogP contribution in [0, 0.1) is 11.3 Å². The van der Waals surface area contributed by atoms with Gasteiger partial charge in [0.05, 0.1) is 12.1 Å². The summed E-state index contributed by atoms with van der Waals surface area (Å²) in [5, 5.41) is 10.8. The summed E-state index contributed by atoms with van der Waals surface area (Å²) in [7, 11) is 0. The van der Waals surface area contributed by atoms with Crippen LogP contribution in [0.25, 0.3) is 10.2 Å². The largest absolute Gasteiger partial charge is 0.332 e. The highest BCUT2D eigenvalue weighted by molar-refractivity contribution is 7.17. The number of nitrogens with zero attached hydrogens (tertiary/aromatic N) is 3. The maximum Gasteiger partial charge on any atom is 0.268 e. The van der Waals surface area contributed by atoms with E-state index in [2.05, 4.69) is 16.0 Å². The summed E-state index contributed by atoms with van der Waals surface area (Å²) in [6, 6.07) is 7.42. The van der Waals surface area contributed by atoms with Gasteiger partial charge in [0.1, 0.15) is 22.3 Å². The number of H-pyrrole nitrogens is 1. The molecule has 6 heteroatoms. The van der Waals surface area contributed by atoms with Crippen LogP contribution in [-0.2, 0) is 6.54 Å². The van der Waals surface area contributed by atoms with Crippen molar-refractivity contribution in [2.24, 2.45) is 0 Å². The molecule has 0 aliphatic carbocycles. The van der Waals surface area contributed by atoms with Gasteiger partial charge in [-0.05, 0) is 23.6 Å². The summed E-state index contributed by atoms with van der Waals surface area (Å²) in [6.07, 6.45) is 1.79. The van der Waals surface area contributed by atoms with Crippen molar-refractivity contribution in [3.05, 3.63) is 51.6 Å². The Labute approximate surface area is 106 Å². The van der Waals surface area contributed by atoms with Crippen molar-refractivity contribution in [3.8, 4) is 6.07 Å². The maximum absolute atomic E-state index is 11.8. The Hall–Kier alpha value is -2.39. The van der Waals surface area contributed by atoms with E-state index in [1.54, 1.807) is 22.9 Å². The predicted octanol–water partition coefficient (Wildman–Crippen LogP) is 1.71. The van der Waals surface area contributed by atoms with Crippen LogP contribution in [0.4, 0.5) is 0 Å². The fourth-order valence-electron chi connectivity index (χ4n) is 1.81. The molecule has 0 saturated heterocycles. The van der Waals surface area contributed by atoms with Gasteiger partial charge in [-0.2, -0.15) is 5.26 Å². The van der Waals surface area contributed by atoms with E-state index in [1.807, 2.05) is 11.4 Å². The van der Waals surface area contributed by atoms with E-state index < -0.39 is 0 Å². The highest BCUT2D eigenvalue weighted by atomic mass is 32.1. The van der Waals surface area contributed by atoms with Gasteiger partial charge in [-0.15, -0.1) is 11.3 Å². The topological polar surface area (TPSA) is 74.5 Å². The van der Waals surface area contributed by atoms with Crippen molar-refractivity contribution in [3.63, 3.8) is 0 Å². The molecule has 0 aliphatic heterocycles. The normalized spacial score (nSPS) is 10.6.